The first-order valence-corrected chi connectivity index (χ1v) is 8.24. The number of nitrogens with one attached hydrogen (secondary N) is 1. The van der Waals surface area contributed by atoms with Crippen molar-refractivity contribution < 1.29 is 9.53 Å². The van der Waals surface area contributed by atoms with Crippen LogP contribution in [-0.4, -0.2) is 42.2 Å². The van der Waals surface area contributed by atoms with Crippen LogP contribution in [0.5, 0.6) is 0 Å². The summed E-state index contributed by atoms with van der Waals surface area (Å²) in [7, 11) is 0. The molecule has 0 aromatic carbocycles. The second-order valence-corrected chi connectivity index (χ2v) is 6.43. The summed E-state index contributed by atoms with van der Waals surface area (Å²) in [6.45, 7) is 6.05. The Balaban J connectivity index is 1.47. The van der Waals surface area contributed by atoms with E-state index < -0.39 is 0 Å². The number of rotatable bonds is 3. The molecule has 5 heteroatoms. The maximum atomic E-state index is 12.3. The molecule has 0 radical (unpaired) electrons. The Morgan fingerprint density at radius 2 is 2.18 bits per heavy atom. The van der Waals surface area contributed by atoms with Crippen molar-refractivity contribution >= 4 is 6.03 Å². The van der Waals surface area contributed by atoms with Gasteiger partial charge in [-0.1, -0.05) is 0 Å². The van der Waals surface area contributed by atoms with Crippen LogP contribution in [-0.2, 0) is 11.3 Å². The van der Waals surface area contributed by atoms with Gasteiger partial charge >= 0.3 is 6.03 Å². The first-order chi connectivity index (χ1) is 10.7. The second-order valence-electron chi connectivity index (χ2n) is 6.43. The summed E-state index contributed by atoms with van der Waals surface area (Å²) in [5.41, 5.74) is 2.08. The molecule has 0 spiro atoms. The van der Waals surface area contributed by atoms with E-state index in [-0.39, 0.29) is 6.03 Å². The molecular weight excluding hydrogens is 278 g/mol. The van der Waals surface area contributed by atoms with Crippen LogP contribution in [0, 0.1) is 18.8 Å². The fraction of sp³-hybridized carbons (Fsp3) is 0.647. The smallest absolute Gasteiger partial charge is 0.317 e. The maximum Gasteiger partial charge on any atom is 0.317 e. The topological polar surface area (TPSA) is 54.5 Å². The predicted molar refractivity (Wildman–Crippen MR) is 84.4 cm³/mol. The number of aromatic nitrogens is 1. The van der Waals surface area contributed by atoms with E-state index in [1.54, 1.807) is 6.20 Å². The molecule has 2 aliphatic heterocycles. The summed E-state index contributed by atoms with van der Waals surface area (Å²) >= 11 is 0. The van der Waals surface area contributed by atoms with Crippen molar-refractivity contribution in [3.8, 4) is 0 Å². The molecule has 0 saturated carbocycles. The second kappa shape index (κ2) is 7.09. The van der Waals surface area contributed by atoms with E-state index in [0.29, 0.717) is 12.5 Å². The molecule has 2 aliphatic rings. The average Bonchev–Trinajstić information content (AvgIpc) is 3.04. The van der Waals surface area contributed by atoms with E-state index in [1.165, 1.54) is 5.56 Å². The number of aryl methyl sites for hydroxylation is 1. The van der Waals surface area contributed by atoms with Crippen LogP contribution in [0.2, 0.25) is 0 Å². The Morgan fingerprint density at radius 3 is 2.95 bits per heavy atom. The van der Waals surface area contributed by atoms with Gasteiger partial charge in [0.2, 0.25) is 0 Å². The Labute approximate surface area is 132 Å². The highest BCUT2D eigenvalue weighted by atomic mass is 16.5. The van der Waals surface area contributed by atoms with Crippen molar-refractivity contribution in [3.05, 3.63) is 29.6 Å². The summed E-state index contributed by atoms with van der Waals surface area (Å²) in [4.78, 5) is 18.5. The van der Waals surface area contributed by atoms with Gasteiger partial charge in [-0.15, -0.1) is 0 Å². The van der Waals surface area contributed by atoms with Gasteiger partial charge in [-0.25, -0.2) is 4.79 Å². The molecule has 22 heavy (non-hydrogen) atoms. The number of carbonyl (C=O) groups excluding carboxylic acids is 1. The van der Waals surface area contributed by atoms with Crippen LogP contribution in [0.4, 0.5) is 4.79 Å². The molecule has 3 rings (SSSR count). The molecule has 120 valence electrons. The predicted octanol–water partition coefficient (Wildman–Crippen LogP) is 2.35. The number of pyridine rings is 1. The summed E-state index contributed by atoms with van der Waals surface area (Å²) in [6.07, 6.45) is 5.20. The number of nitrogens with zero attached hydrogens (tertiary/aromatic N) is 2. The summed E-state index contributed by atoms with van der Waals surface area (Å²) in [5.74, 6) is 1.37. The SMILES string of the molecule is Cc1ccnc(CNC(=O)N2CCC(C3CCOCC3)C2)c1. The lowest BCUT2D eigenvalue weighted by Crippen LogP contribution is -2.38. The van der Waals surface area contributed by atoms with Gasteiger partial charge in [0, 0.05) is 32.5 Å². The Hall–Kier alpha value is -1.62. The van der Waals surface area contributed by atoms with Crippen molar-refractivity contribution in [2.45, 2.75) is 32.7 Å². The van der Waals surface area contributed by atoms with E-state index in [9.17, 15) is 4.79 Å². The minimum Gasteiger partial charge on any atom is -0.381 e. The number of urea groups is 1. The van der Waals surface area contributed by atoms with E-state index in [1.807, 2.05) is 24.0 Å². The Bertz CT molecular complexity index is 514. The number of ether oxygens (including phenoxy) is 1. The zero-order valence-corrected chi connectivity index (χ0v) is 13.3. The van der Waals surface area contributed by atoms with Crippen LogP contribution in [0.25, 0.3) is 0 Å². The summed E-state index contributed by atoms with van der Waals surface area (Å²) in [5, 5.41) is 2.99. The number of hydrogen-bond donors (Lipinski definition) is 1. The zero-order chi connectivity index (χ0) is 15.4. The maximum absolute atomic E-state index is 12.3. The minimum atomic E-state index is 0.0397. The van der Waals surface area contributed by atoms with Crippen LogP contribution in [0.3, 0.4) is 0 Å². The molecule has 1 N–H and O–H groups in total. The van der Waals surface area contributed by atoms with Gasteiger partial charge in [-0.3, -0.25) is 4.98 Å². The monoisotopic (exact) mass is 303 g/mol. The summed E-state index contributed by atoms with van der Waals surface area (Å²) in [6, 6.07) is 4.01. The fourth-order valence-corrected chi connectivity index (χ4v) is 3.52. The molecule has 3 heterocycles. The molecule has 2 saturated heterocycles. The normalized spacial score (nSPS) is 22.8. The Morgan fingerprint density at radius 1 is 1.36 bits per heavy atom. The van der Waals surface area contributed by atoms with Gasteiger partial charge < -0.3 is 15.0 Å². The highest BCUT2D eigenvalue weighted by molar-refractivity contribution is 5.74. The molecule has 1 aromatic rings. The number of likely N-dealkylation sites (tertiary alicyclic amines) is 1. The lowest BCUT2D eigenvalue weighted by Gasteiger charge is -2.27. The molecule has 1 aromatic heterocycles. The van der Waals surface area contributed by atoms with Gasteiger partial charge in [0.15, 0.2) is 0 Å². The fourth-order valence-electron chi connectivity index (χ4n) is 3.52. The molecule has 2 amide bonds. The third-order valence-corrected chi connectivity index (χ3v) is 4.84. The van der Waals surface area contributed by atoms with Crippen molar-refractivity contribution in [2.75, 3.05) is 26.3 Å². The van der Waals surface area contributed by atoms with Crippen molar-refractivity contribution in [1.82, 2.24) is 15.2 Å². The molecule has 0 bridgehead atoms. The number of amides is 2. The van der Waals surface area contributed by atoms with E-state index in [0.717, 1.165) is 57.2 Å². The van der Waals surface area contributed by atoms with Crippen molar-refractivity contribution in [3.63, 3.8) is 0 Å². The van der Waals surface area contributed by atoms with Gasteiger partial charge in [0.25, 0.3) is 0 Å². The molecule has 0 aliphatic carbocycles. The van der Waals surface area contributed by atoms with Crippen molar-refractivity contribution in [2.24, 2.45) is 11.8 Å². The van der Waals surface area contributed by atoms with Gasteiger partial charge in [-0.05, 0) is 55.7 Å². The molecule has 1 atom stereocenters. The van der Waals surface area contributed by atoms with E-state index >= 15 is 0 Å². The highest BCUT2D eigenvalue weighted by Crippen LogP contribution is 2.31. The van der Waals surface area contributed by atoms with Gasteiger partial charge in [0.05, 0.1) is 12.2 Å². The lowest BCUT2D eigenvalue weighted by atomic mass is 9.85. The number of carbonyl (C=O) groups is 1. The van der Waals surface area contributed by atoms with E-state index in [4.69, 9.17) is 4.74 Å². The first-order valence-electron chi connectivity index (χ1n) is 8.24. The van der Waals surface area contributed by atoms with Crippen LogP contribution in [0.15, 0.2) is 18.3 Å². The van der Waals surface area contributed by atoms with Crippen molar-refractivity contribution in [1.29, 1.82) is 0 Å². The molecule has 2 fully saturated rings. The van der Waals surface area contributed by atoms with Gasteiger partial charge in [-0.2, -0.15) is 0 Å². The summed E-state index contributed by atoms with van der Waals surface area (Å²) < 4.78 is 5.43. The molecular formula is C17H25N3O2. The van der Waals surface area contributed by atoms with Gasteiger partial charge in [0.1, 0.15) is 0 Å². The number of hydrogen-bond acceptors (Lipinski definition) is 3. The average molecular weight is 303 g/mol. The standard InChI is InChI=1S/C17H25N3O2/c1-13-2-6-18-16(10-13)11-19-17(21)20-7-3-15(12-20)14-4-8-22-9-5-14/h2,6,10,14-15H,3-5,7-9,11-12H2,1H3,(H,19,21). The zero-order valence-electron chi connectivity index (χ0n) is 13.3. The quantitative estimate of drug-likeness (QED) is 0.932. The minimum absolute atomic E-state index is 0.0397. The third kappa shape index (κ3) is 3.77. The molecule has 5 nitrogen and oxygen atoms in total. The first kappa shape index (κ1) is 15.3. The highest BCUT2D eigenvalue weighted by Gasteiger charge is 2.32. The largest absolute Gasteiger partial charge is 0.381 e. The Kier molecular flexibility index (Phi) is 4.93. The van der Waals surface area contributed by atoms with E-state index in [2.05, 4.69) is 10.3 Å². The van der Waals surface area contributed by atoms with Crippen LogP contribution in [0.1, 0.15) is 30.5 Å². The van der Waals surface area contributed by atoms with Crippen LogP contribution >= 0.6 is 0 Å². The third-order valence-electron chi connectivity index (χ3n) is 4.84. The molecule has 1 unspecified atom stereocenters. The lowest BCUT2D eigenvalue weighted by molar-refractivity contribution is 0.0484. The van der Waals surface area contributed by atoms with Crippen LogP contribution < -0.4 is 5.32 Å².